The Morgan fingerprint density at radius 1 is 1.07 bits per heavy atom. The zero-order valence-electron chi connectivity index (χ0n) is 10.6. The number of rotatable bonds is 3. The van der Waals surface area contributed by atoms with E-state index in [-0.39, 0.29) is 0 Å². The molecule has 2 aliphatic heterocycles. The third kappa shape index (κ3) is 4.49. The van der Waals surface area contributed by atoms with Gasteiger partial charge in [0.2, 0.25) is 0 Å². The third-order valence-corrected chi connectivity index (χ3v) is 3.32. The average Bonchev–Trinajstić information content (AvgIpc) is 2.22. The van der Waals surface area contributed by atoms with Crippen molar-refractivity contribution in [1.29, 1.82) is 0 Å². The molecule has 1 N–H and O–H groups in total. The molecule has 2 heterocycles. The van der Waals surface area contributed by atoms with E-state index >= 15 is 0 Å². The molecule has 2 rings (SSSR count). The lowest BCUT2D eigenvalue weighted by Gasteiger charge is -2.35. The summed E-state index contributed by atoms with van der Waals surface area (Å²) < 4.78 is 0. The maximum absolute atomic E-state index is 3.33. The van der Waals surface area contributed by atoms with Crippen LogP contribution in [0.3, 0.4) is 0 Å². The minimum atomic E-state index is 0.972. The Balaban J connectivity index is 0.000000531. The first-order valence-electron chi connectivity index (χ1n) is 6.46. The van der Waals surface area contributed by atoms with Crippen molar-refractivity contribution < 1.29 is 0 Å². The van der Waals surface area contributed by atoms with Gasteiger partial charge in [0.1, 0.15) is 0 Å². The molecule has 3 nitrogen and oxygen atoms in total. The summed E-state index contributed by atoms with van der Waals surface area (Å²) in [5, 5.41) is 3.33. The Morgan fingerprint density at radius 3 is 2.13 bits per heavy atom. The van der Waals surface area contributed by atoms with Crippen LogP contribution in [0.2, 0.25) is 0 Å². The second-order valence-corrected chi connectivity index (χ2v) is 4.46. The lowest BCUT2D eigenvalue weighted by molar-refractivity contribution is 0.141. The van der Waals surface area contributed by atoms with Gasteiger partial charge in [-0.3, -0.25) is 0 Å². The van der Waals surface area contributed by atoms with Crippen molar-refractivity contribution in [2.24, 2.45) is 5.92 Å². The van der Waals surface area contributed by atoms with E-state index < -0.39 is 0 Å². The number of hydrogen-bond acceptors (Lipinski definition) is 3. The van der Waals surface area contributed by atoms with E-state index in [0.29, 0.717) is 0 Å². The second kappa shape index (κ2) is 7.20. The second-order valence-electron chi connectivity index (χ2n) is 4.46. The molecule has 0 bridgehead atoms. The molecule has 2 aliphatic rings. The third-order valence-electron chi connectivity index (χ3n) is 3.32. The first-order chi connectivity index (χ1) is 7.34. The molecule has 0 aromatic heterocycles. The van der Waals surface area contributed by atoms with Crippen LogP contribution in [0.25, 0.3) is 0 Å². The van der Waals surface area contributed by atoms with Crippen molar-refractivity contribution in [1.82, 2.24) is 15.1 Å². The number of likely N-dealkylation sites (N-methyl/N-ethyl adjacent to an activating group) is 1. The van der Waals surface area contributed by atoms with Crippen LogP contribution in [-0.2, 0) is 0 Å². The molecule has 0 atom stereocenters. The summed E-state index contributed by atoms with van der Waals surface area (Å²) in [4.78, 5) is 5.03. The SMILES string of the molecule is CC.CN1CCN(CCC2CNC2)CC1. The molecule has 0 saturated carbocycles. The number of piperazine rings is 1. The molecule has 0 aromatic carbocycles. The summed E-state index contributed by atoms with van der Waals surface area (Å²) in [6.45, 7) is 12.9. The largest absolute Gasteiger partial charge is 0.316 e. The van der Waals surface area contributed by atoms with Gasteiger partial charge in [0.15, 0.2) is 0 Å². The van der Waals surface area contributed by atoms with Gasteiger partial charge in [0, 0.05) is 26.2 Å². The highest BCUT2D eigenvalue weighted by molar-refractivity contribution is 4.77. The molecule has 0 amide bonds. The molecular formula is C12H27N3. The van der Waals surface area contributed by atoms with Crippen LogP contribution in [0.1, 0.15) is 20.3 Å². The lowest BCUT2D eigenvalue weighted by Crippen LogP contribution is -2.47. The van der Waals surface area contributed by atoms with Crippen molar-refractivity contribution in [3.8, 4) is 0 Å². The molecule has 0 spiro atoms. The van der Waals surface area contributed by atoms with Crippen molar-refractivity contribution in [2.45, 2.75) is 20.3 Å². The quantitative estimate of drug-likeness (QED) is 0.750. The molecule has 2 fully saturated rings. The van der Waals surface area contributed by atoms with E-state index in [0.717, 1.165) is 5.92 Å². The standard InChI is InChI=1S/C10H21N3.C2H6/c1-12-4-6-13(7-5-12)3-2-10-8-11-9-10;1-2/h10-11H,2-9H2,1H3;1-2H3. The van der Waals surface area contributed by atoms with Crippen molar-refractivity contribution in [2.75, 3.05) is 52.9 Å². The number of nitrogens with zero attached hydrogens (tertiary/aromatic N) is 2. The Morgan fingerprint density at radius 2 is 1.67 bits per heavy atom. The summed E-state index contributed by atoms with van der Waals surface area (Å²) >= 11 is 0. The molecular weight excluding hydrogens is 186 g/mol. The minimum absolute atomic E-state index is 0.972. The Hall–Kier alpha value is -0.120. The normalized spacial score (nSPS) is 24.2. The molecule has 0 unspecified atom stereocenters. The van der Waals surface area contributed by atoms with Gasteiger partial charge in [-0.05, 0) is 39.0 Å². The van der Waals surface area contributed by atoms with Gasteiger partial charge >= 0.3 is 0 Å². The van der Waals surface area contributed by atoms with E-state index in [4.69, 9.17) is 0 Å². The van der Waals surface area contributed by atoms with Gasteiger partial charge < -0.3 is 15.1 Å². The van der Waals surface area contributed by atoms with Crippen molar-refractivity contribution in [3.63, 3.8) is 0 Å². The van der Waals surface area contributed by atoms with Gasteiger partial charge in [0.25, 0.3) is 0 Å². The predicted molar refractivity (Wildman–Crippen MR) is 66.3 cm³/mol. The predicted octanol–water partition coefficient (Wildman–Crippen LogP) is 0.870. The van der Waals surface area contributed by atoms with Crippen LogP contribution in [0.15, 0.2) is 0 Å². The monoisotopic (exact) mass is 213 g/mol. The Kier molecular flexibility index (Phi) is 6.22. The highest BCUT2D eigenvalue weighted by Gasteiger charge is 2.19. The van der Waals surface area contributed by atoms with Gasteiger partial charge in [0.05, 0.1) is 0 Å². The van der Waals surface area contributed by atoms with Crippen LogP contribution in [0.5, 0.6) is 0 Å². The maximum Gasteiger partial charge on any atom is 0.0110 e. The topological polar surface area (TPSA) is 18.5 Å². The summed E-state index contributed by atoms with van der Waals surface area (Å²) in [6, 6.07) is 0. The highest BCUT2D eigenvalue weighted by atomic mass is 15.2. The van der Waals surface area contributed by atoms with Gasteiger partial charge in [-0.1, -0.05) is 13.8 Å². The fraction of sp³-hybridized carbons (Fsp3) is 1.00. The molecule has 0 aromatic rings. The van der Waals surface area contributed by atoms with Gasteiger partial charge in [-0.15, -0.1) is 0 Å². The van der Waals surface area contributed by atoms with Crippen LogP contribution in [0.4, 0.5) is 0 Å². The Labute approximate surface area is 94.8 Å². The summed E-state index contributed by atoms with van der Waals surface area (Å²) in [5.41, 5.74) is 0. The molecule has 3 heteroatoms. The van der Waals surface area contributed by atoms with Gasteiger partial charge in [-0.2, -0.15) is 0 Å². The van der Waals surface area contributed by atoms with Crippen LogP contribution >= 0.6 is 0 Å². The first kappa shape index (κ1) is 12.9. The van der Waals surface area contributed by atoms with E-state index in [1.165, 1.54) is 52.2 Å². The number of nitrogens with one attached hydrogen (secondary N) is 1. The average molecular weight is 213 g/mol. The zero-order chi connectivity index (χ0) is 11.1. The van der Waals surface area contributed by atoms with Crippen LogP contribution in [-0.4, -0.2) is 62.7 Å². The molecule has 2 saturated heterocycles. The lowest BCUT2D eigenvalue weighted by atomic mass is 9.99. The molecule has 15 heavy (non-hydrogen) atoms. The van der Waals surface area contributed by atoms with Crippen LogP contribution in [0, 0.1) is 5.92 Å². The smallest absolute Gasteiger partial charge is 0.0110 e. The van der Waals surface area contributed by atoms with E-state index in [9.17, 15) is 0 Å². The zero-order valence-corrected chi connectivity index (χ0v) is 10.6. The summed E-state index contributed by atoms with van der Waals surface area (Å²) in [6.07, 6.45) is 1.40. The fourth-order valence-electron chi connectivity index (χ4n) is 1.99. The first-order valence-corrected chi connectivity index (χ1v) is 6.46. The van der Waals surface area contributed by atoms with E-state index in [1.807, 2.05) is 13.8 Å². The fourth-order valence-corrected chi connectivity index (χ4v) is 1.99. The van der Waals surface area contributed by atoms with E-state index in [2.05, 4.69) is 22.2 Å². The van der Waals surface area contributed by atoms with Crippen molar-refractivity contribution in [3.05, 3.63) is 0 Å². The van der Waals surface area contributed by atoms with E-state index in [1.54, 1.807) is 0 Å². The summed E-state index contributed by atoms with van der Waals surface area (Å²) in [5.74, 6) is 0.972. The Bertz CT molecular complexity index is 149. The molecule has 90 valence electrons. The molecule has 0 aliphatic carbocycles. The number of hydrogen-bond donors (Lipinski definition) is 1. The highest BCUT2D eigenvalue weighted by Crippen LogP contribution is 2.10. The van der Waals surface area contributed by atoms with Gasteiger partial charge in [-0.25, -0.2) is 0 Å². The maximum atomic E-state index is 3.33. The summed E-state index contributed by atoms with van der Waals surface area (Å²) in [7, 11) is 2.22. The van der Waals surface area contributed by atoms with Crippen molar-refractivity contribution >= 4 is 0 Å². The van der Waals surface area contributed by atoms with Crippen LogP contribution < -0.4 is 5.32 Å². The minimum Gasteiger partial charge on any atom is -0.316 e. The molecule has 0 radical (unpaired) electrons.